The quantitative estimate of drug-likeness (QED) is 0.325. The third-order valence-corrected chi connectivity index (χ3v) is 6.52. The fourth-order valence-corrected chi connectivity index (χ4v) is 4.62. The van der Waals surface area contributed by atoms with Crippen LogP contribution in [0.3, 0.4) is 0 Å². The molecule has 0 unspecified atom stereocenters. The monoisotopic (exact) mass is 425 g/mol. The second kappa shape index (κ2) is 9.51. The lowest BCUT2D eigenvalue weighted by Crippen LogP contribution is -2.20. The van der Waals surface area contributed by atoms with Crippen LogP contribution >= 0.6 is 11.8 Å². The number of thioether (sulfide) groups is 1. The Bertz CT molecular complexity index is 1030. The standard InChI is InChI=1S/C23H27N3O3S/c1-16-8-11-22(27)21(14-16)26-24-19-10-9-18(15-20(19)25-26)30-13-5-12-29-23(28)17-6-3-2-4-7-17/h8-11,14-15,17,27H,2-7,12-13H2,1H3. The lowest BCUT2D eigenvalue weighted by atomic mass is 9.89. The predicted octanol–water partition coefficient (Wildman–Crippen LogP) is 5.04. The molecular weight excluding hydrogens is 398 g/mol. The highest BCUT2D eigenvalue weighted by atomic mass is 32.2. The van der Waals surface area contributed by atoms with Gasteiger partial charge in [-0.1, -0.05) is 25.3 Å². The van der Waals surface area contributed by atoms with E-state index in [4.69, 9.17) is 4.74 Å². The van der Waals surface area contributed by atoms with Crippen molar-refractivity contribution in [2.24, 2.45) is 5.92 Å². The van der Waals surface area contributed by atoms with E-state index in [2.05, 4.69) is 10.2 Å². The maximum Gasteiger partial charge on any atom is 0.308 e. The fourth-order valence-electron chi connectivity index (χ4n) is 3.76. The number of rotatable bonds is 7. The average Bonchev–Trinajstić information content (AvgIpc) is 3.19. The molecule has 0 spiro atoms. The molecule has 0 bridgehead atoms. The smallest absolute Gasteiger partial charge is 0.308 e. The van der Waals surface area contributed by atoms with Gasteiger partial charge in [0.05, 0.1) is 12.5 Å². The molecule has 0 aliphatic heterocycles. The third kappa shape index (κ3) is 4.95. The van der Waals surface area contributed by atoms with Crippen LogP contribution in [0, 0.1) is 12.8 Å². The number of phenols is 1. The number of carbonyl (C=O) groups is 1. The van der Waals surface area contributed by atoms with Gasteiger partial charge in [-0.2, -0.15) is 0 Å². The maximum absolute atomic E-state index is 12.1. The Labute approximate surface area is 180 Å². The fraction of sp³-hybridized carbons (Fsp3) is 0.435. The van der Waals surface area contributed by atoms with Crippen LogP contribution in [0.5, 0.6) is 5.75 Å². The van der Waals surface area contributed by atoms with Crippen LogP contribution in [0.15, 0.2) is 41.3 Å². The lowest BCUT2D eigenvalue weighted by molar-refractivity contribution is -0.149. The minimum absolute atomic E-state index is 0.0165. The molecule has 3 aromatic rings. The number of hydrogen-bond acceptors (Lipinski definition) is 6. The van der Waals surface area contributed by atoms with Gasteiger partial charge < -0.3 is 9.84 Å². The summed E-state index contributed by atoms with van der Waals surface area (Å²) in [7, 11) is 0. The Morgan fingerprint density at radius 1 is 1.13 bits per heavy atom. The van der Waals surface area contributed by atoms with Gasteiger partial charge in [-0.3, -0.25) is 4.79 Å². The first kappa shape index (κ1) is 20.7. The molecule has 158 valence electrons. The first-order chi connectivity index (χ1) is 14.6. The number of esters is 1. The zero-order valence-corrected chi connectivity index (χ0v) is 18.0. The SMILES string of the molecule is Cc1ccc(O)c(-n2nc3ccc(SCCCOC(=O)C4CCCCC4)cc3n2)c1. The third-order valence-electron chi connectivity index (χ3n) is 5.44. The van der Waals surface area contributed by atoms with Crippen molar-refractivity contribution in [1.29, 1.82) is 0 Å². The summed E-state index contributed by atoms with van der Waals surface area (Å²) in [4.78, 5) is 14.7. The summed E-state index contributed by atoms with van der Waals surface area (Å²) < 4.78 is 5.46. The minimum atomic E-state index is -0.0165. The first-order valence-corrected chi connectivity index (χ1v) is 11.6. The van der Waals surface area contributed by atoms with E-state index >= 15 is 0 Å². The molecule has 1 N–H and O–H groups in total. The molecule has 1 aromatic heterocycles. The van der Waals surface area contributed by atoms with Gasteiger partial charge in [0.1, 0.15) is 22.5 Å². The van der Waals surface area contributed by atoms with Crippen molar-refractivity contribution in [3.63, 3.8) is 0 Å². The highest BCUT2D eigenvalue weighted by Gasteiger charge is 2.22. The van der Waals surface area contributed by atoms with Gasteiger partial charge in [-0.25, -0.2) is 0 Å². The number of phenolic OH excluding ortho intramolecular Hbond substituents is 1. The summed E-state index contributed by atoms with van der Waals surface area (Å²) in [6.45, 7) is 2.45. The number of carbonyl (C=O) groups excluding carboxylic acids is 1. The van der Waals surface area contributed by atoms with Crippen molar-refractivity contribution in [3.8, 4) is 11.4 Å². The number of aromatic hydroxyl groups is 1. The van der Waals surface area contributed by atoms with E-state index in [0.29, 0.717) is 12.3 Å². The molecule has 0 radical (unpaired) electrons. The van der Waals surface area contributed by atoms with Crippen LogP contribution in [0.2, 0.25) is 0 Å². The number of aryl methyl sites for hydroxylation is 1. The molecule has 7 heteroatoms. The van der Waals surface area contributed by atoms with Crippen LogP contribution < -0.4 is 0 Å². The van der Waals surface area contributed by atoms with Gasteiger partial charge >= 0.3 is 5.97 Å². The van der Waals surface area contributed by atoms with Gasteiger partial charge in [0, 0.05) is 10.6 Å². The molecule has 1 fully saturated rings. The minimum Gasteiger partial charge on any atom is -0.506 e. The highest BCUT2D eigenvalue weighted by Crippen LogP contribution is 2.27. The molecule has 1 aliphatic rings. The van der Waals surface area contributed by atoms with Crippen LogP contribution in [0.25, 0.3) is 16.7 Å². The molecule has 0 saturated heterocycles. The van der Waals surface area contributed by atoms with E-state index in [0.717, 1.165) is 59.3 Å². The Balaban J connectivity index is 1.31. The van der Waals surface area contributed by atoms with Gasteiger partial charge in [0.25, 0.3) is 0 Å². The predicted molar refractivity (Wildman–Crippen MR) is 118 cm³/mol. The zero-order chi connectivity index (χ0) is 20.9. The molecule has 4 rings (SSSR count). The van der Waals surface area contributed by atoms with Gasteiger partial charge in [0.15, 0.2) is 0 Å². The lowest BCUT2D eigenvalue weighted by Gasteiger charge is -2.19. The Kier molecular flexibility index (Phi) is 6.57. The van der Waals surface area contributed by atoms with Crippen LogP contribution in [-0.4, -0.2) is 38.4 Å². The van der Waals surface area contributed by atoms with Gasteiger partial charge in [0.2, 0.25) is 0 Å². The zero-order valence-electron chi connectivity index (χ0n) is 17.2. The summed E-state index contributed by atoms with van der Waals surface area (Å²) in [5, 5.41) is 19.1. The molecule has 0 amide bonds. The summed E-state index contributed by atoms with van der Waals surface area (Å²) in [6, 6.07) is 11.3. The topological polar surface area (TPSA) is 77.2 Å². The van der Waals surface area contributed by atoms with Crippen molar-refractivity contribution in [2.45, 2.75) is 50.3 Å². The van der Waals surface area contributed by atoms with Crippen LogP contribution in [-0.2, 0) is 9.53 Å². The molecule has 0 atom stereocenters. The molecule has 30 heavy (non-hydrogen) atoms. The number of nitrogens with zero attached hydrogens (tertiary/aromatic N) is 3. The number of hydrogen-bond donors (Lipinski definition) is 1. The number of aromatic nitrogens is 3. The van der Waals surface area contributed by atoms with E-state index in [1.54, 1.807) is 17.8 Å². The van der Waals surface area contributed by atoms with Crippen molar-refractivity contribution in [2.75, 3.05) is 12.4 Å². The van der Waals surface area contributed by atoms with Gasteiger partial charge in [-0.05, 0) is 62.1 Å². The normalized spacial score (nSPS) is 14.8. The Morgan fingerprint density at radius 2 is 1.93 bits per heavy atom. The van der Waals surface area contributed by atoms with Crippen LogP contribution in [0.4, 0.5) is 0 Å². The second-order valence-corrected chi connectivity index (χ2v) is 9.00. The van der Waals surface area contributed by atoms with E-state index in [1.807, 2.05) is 37.3 Å². The molecule has 1 heterocycles. The summed E-state index contributed by atoms with van der Waals surface area (Å²) >= 11 is 1.72. The molecule has 6 nitrogen and oxygen atoms in total. The molecule has 2 aromatic carbocycles. The number of benzene rings is 2. The first-order valence-electron chi connectivity index (χ1n) is 10.6. The average molecular weight is 426 g/mol. The number of fused-ring (bicyclic) bond motifs is 1. The summed E-state index contributed by atoms with van der Waals surface area (Å²) in [5.41, 5.74) is 3.16. The van der Waals surface area contributed by atoms with Crippen molar-refractivity contribution in [3.05, 3.63) is 42.0 Å². The second-order valence-electron chi connectivity index (χ2n) is 7.84. The molecule has 1 aliphatic carbocycles. The largest absolute Gasteiger partial charge is 0.506 e. The van der Waals surface area contributed by atoms with Crippen molar-refractivity contribution in [1.82, 2.24) is 15.0 Å². The Morgan fingerprint density at radius 3 is 2.77 bits per heavy atom. The van der Waals surface area contributed by atoms with Gasteiger partial charge in [-0.15, -0.1) is 26.8 Å². The van der Waals surface area contributed by atoms with E-state index in [9.17, 15) is 9.90 Å². The van der Waals surface area contributed by atoms with Crippen LogP contribution in [0.1, 0.15) is 44.1 Å². The van der Waals surface area contributed by atoms with Crippen molar-refractivity contribution >= 4 is 28.8 Å². The van der Waals surface area contributed by atoms with Crippen molar-refractivity contribution < 1.29 is 14.6 Å². The maximum atomic E-state index is 12.1. The number of ether oxygens (including phenoxy) is 1. The molecular formula is C23H27N3O3S. The highest BCUT2D eigenvalue weighted by molar-refractivity contribution is 7.99. The van der Waals surface area contributed by atoms with E-state index in [1.165, 1.54) is 11.2 Å². The molecule has 1 saturated carbocycles. The summed E-state index contributed by atoms with van der Waals surface area (Å²) in [6.07, 6.45) is 6.32. The van der Waals surface area contributed by atoms with E-state index in [-0.39, 0.29) is 17.6 Å². The van der Waals surface area contributed by atoms with E-state index < -0.39 is 0 Å². The Hall–Kier alpha value is -2.54. The summed E-state index contributed by atoms with van der Waals surface area (Å²) in [5.74, 6) is 1.12.